The second-order valence-electron chi connectivity index (χ2n) is 4.62. The van der Waals surface area contributed by atoms with Gasteiger partial charge in [-0.3, -0.25) is 14.7 Å². The predicted molar refractivity (Wildman–Crippen MR) is 82.6 cm³/mol. The van der Waals surface area contributed by atoms with E-state index in [1.54, 1.807) is 6.20 Å². The van der Waals surface area contributed by atoms with Gasteiger partial charge in [0, 0.05) is 29.1 Å². The van der Waals surface area contributed by atoms with E-state index in [-0.39, 0.29) is 6.42 Å². The van der Waals surface area contributed by atoms with Crippen molar-refractivity contribution in [1.29, 1.82) is 0 Å². The van der Waals surface area contributed by atoms with E-state index in [9.17, 15) is 4.79 Å². The van der Waals surface area contributed by atoms with Crippen molar-refractivity contribution < 1.29 is 9.90 Å². The molecule has 0 spiro atoms. The minimum absolute atomic E-state index is 0.162. The number of benzene rings is 1. The Morgan fingerprint density at radius 2 is 2.20 bits per heavy atom. The van der Waals surface area contributed by atoms with Crippen LogP contribution in [0.25, 0.3) is 10.9 Å². The van der Waals surface area contributed by atoms with Gasteiger partial charge in [-0.05, 0) is 24.2 Å². The fraction of sp³-hybridized carbons (Fsp3) is 0.333. The Hall–Kier alpha value is -1.46. The summed E-state index contributed by atoms with van der Waals surface area (Å²) in [5, 5.41) is 9.87. The standard InChI is InChI=1S/C15H17BrN2O2/c1-2-18(9-7-14(19)20)10-11-5-6-13(16)12-4-3-8-17-15(11)12/h3-6,8H,2,7,9-10H2,1H3,(H,19,20). The maximum absolute atomic E-state index is 10.7. The number of hydrogen-bond acceptors (Lipinski definition) is 3. The summed E-state index contributed by atoms with van der Waals surface area (Å²) >= 11 is 3.53. The molecular weight excluding hydrogens is 320 g/mol. The molecule has 1 aromatic carbocycles. The Labute approximate surface area is 126 Å². The number of aliphatic carboxylic acids is 1. The molecule has 0 unspecified atom stereocenters. The average molecular weight is 337 g/mol. The summed E-state index contributed by atoms with van der Waals surface area (Å²) in [4.78, 5) is 17.3. The second-order valence-corrected chi connectivity index (χ2v) is 5.47. The van der Waals surface area contributed by atoms with Gasteiger partial charge < -0.3 is 5.11 Å². The first-order valence-corrected chi connectivity index (χ1v) is 7.37. The van der Waals surface area contributed by atoms with Gasteiger partial charge in [0.05, 0.1) is 11.9 Å². The fourth-order valence-electron chi connectivity index (χ4n) is 2.17. The number of carbonyl (C=O) groups is 1. The second kappa shape index (κ2) is 6.81. The number of rotatable bonds is 6. The molecule has 0 radical (unpaired) electrons. The molecule has 0 aliphatic rings. The number of nitrogens with zero attached hydrogens (tertiary/aromatic N) is 2. The van der Waals surface area contributed by atoms with Crippen LogP contribution in [0.15, 0.2) is 34.9 Å². The average Bonchev–Trinajstić information content (AvgIpc) is 2.46. The van der Waals surface area contributed by atoms with E-state index in [4.69, 9.17) is 5.11 Å². The molecular formula is C15H17BrN2O2. The lowest BCUT2D eigenvalue weighted by Gasteiger charge is -2.20. The van der Waals surface area contributed by atoms with Crippen molar-refractivity contribution in [2.45, 2.75) is 19.9 Å². The lowest BCUT2D eigenvalue weighted by molar-refractivity contribution is -0.137. The van der Waals surface area contributed by atoms with E-state index in [2.05, 4.69) is 25.8 Å². The topological polar surface area (TPSA) is 53.4 Å². The smallest absolute Gasteiger partial charge is 0.304 e. The predicted octanol–water partition coefficient (Wildman–Crippen LogP) is 3.29. The maximum atomic E-state index is 10.7. The van der Waals surface area contributed by atoms with Crippen molar-refractivity contribution in [3.63, 3.8) is 0 Å². The SMILES string of the molecule is CCN(CCC(=O)O)Cc1ccc(Br)c2cccnc12. The highest BCUT2D eigenvalue weighted by Gasteiger charge is 2.10. The Bertz CT molecular complexity index is 616. The van der Waals surface area contributed by atoms with Crippen molar-refractivity contribution in [2.75, 3.05) is 13.1 Å². The highest BCUT2D eigenvalue weighted by Crippen LogP contribution is 2.26. The molecule has 1 N–H and O–H groups in total. The van der Waals surface area contributed by atoms with Crippen LogP contribution in [-0.4, -0.2) is 34.0 Å². The van der Waals surface area contributed by atoms with E-state index < -0.39 is 5.97 Å². The van der Waals surface area contributed by atoms with Crippen molar-refractivity contribution in [1.82, 2.24) is 9.88 Å². The first-order valence-electron chi connectivity index (χ1n) is 6.58. The van der Waals surface area contributed by atoms with E-state index >= 15 is 0 Å². The molecule has 0 aliphatic heterocycles. The molecule has 0 saturated heterocycles. The molecule has 0 fully saturated rings. The number of hydrogen-bond donors (Lipinski definition) is 1. The largest absolute Gasteiger partial charge is 0.481 e. The Balaban J connectivity index is 2.24. The molecule has 4 nitrogen and oxygen atoms in total. The molecule has 0 saturated carbocycles. The fourth-order valence-corrected chi connectivity index (χ4v) is 2.62. The lowest BCUT2D eigenvalue weighted by Crippen LogP contribution is -2.25. The number of fused-ring (bicyclic) bond motifs is 1. The zero-order chi connectivity index (χ0) is 14.5. The van der Waals surface area contributed by atoms with Gasteiger partial charge in [-0.25, -0.2) is 0 Å². The number of pyridine rings is 1. The van der Waals surface area contributed by atoms with Crippen LogP contribution >= 0.6 is 15.9 Å². The summed E-state index contributed by atoms with van der Waals surface area (Å²) < 4.78 is 1.03. The molecule has 0 aliphatic carbocycles. The number of carboxylic acids is 1. The van der Waals surface area contributed by atoms with Crippen LogP contribution in [0.5, 0.6) is 0 Å². The molecule has 2 rings (SSSR count). The van der Waals surface area contributed by atoms with Gasteiger partial charge >= 0.3 is 5.97 Å². The summed E-state index contributed by atoms with van der Waals surface area (Å²) in [6.07, 6.45) is 1.95. The molecule has 2 aromatic rings. The van der Waals surface area contributed by atoms with Crippen molar-refractivity contribution in [3.05, 3.63) is 40.5 Å². The highest BCUT2D eigenvalue weighted by molar-refractivity contribution is 9.10. The number of carboxylic acid groups (broad SMARTS) is 1. The van der Waals surface area contributed by atoms with E-state index in [1.165, 1.54) is 0 Å². The van der Waals surface area contributed by atoms with E-state index in [0.29, 0.717) is 13.1 Å². The lowest BCUT2D eigenvalue weighted by atomic mass is 10.1. The third-order valence-corrected chi connectivity index (χ3v) is 3.97. The number of aromatic nitrogens is 1. The molecule has 0 atom stereocenters. The Morgan fingerprint density at radius 1 is 1.40 bits per heavy atom. The van der Waals surface area contributed by atoms with Crippen LogP contribution < -0.4 is 0 Å². The first kappa shape index (κ1) is 14.9. The summed E-state index contributed by atoms with van der Waals surface area (Å²) in [5.41, 5.74) is 2.09. The quantitative estimate of drug-likeness (QED) is 0.879. The van der Waals surface area contributed by atoms with Crippen LogP contribution in [-0.2, 0) is 11.3 Å². The molecule has 106 valence electrons. The van der Waals surface area contributed by atoms with Gasteiger partial charge in [0.2, 0.25) is 0 Å². The first-order chi connectivity index (χ1) is 9.61. The third kappa shape index (κ3) is 3.55. The van der Waals surface area contributed by atoms with Gasteiger partial charge in [-0.1, -0.05) is 35.0 Å². The van der Waals surface area contributed by atoms with Crippen LogP contribution in [0.4, 0.5) is 0 Å². The monoisotopic (exact) mass is 336 g/mol. The van der Waals surface area contributed by atoms with Crippen molar-refractivity contribution in [3.8, 4) is 0 Å². The zero-order valence-electron chi connectivity index (χ0n) is 11.3. The van der Waals surface area contributed by atoms with Crippen LogP contribution in [0.2, 0.25) is 0 Å². The third-order valence-electron chi connectivity index (χ3n) is 3.28. The van der Waals surface area contributed by atoms with Gasteiger partial charge in [-0.2, -0.15) is 0 Å². The Kier molecular flexibility index (Phi) is 5.09. The molecule has 1 heterocycles. The summed E-state index contributed by atoms with van der Waals surface area (Å²) in [6.45, 7) is 4.12. The summed E-state index contributed by atoms with van der Waals surface area (Å²) in [5.74, 6) is -0.762. The summed E-state index contributed by atoms with van der Waals surface area (Å²) in [7, 11) is 0. The van der Waals surface area contributed by atoms with Gasteiger partial charge in [0.15, 0.2) is 0 Å². The normalized spacial score (nSPS) is 11.2. The minimum atomic E-state index is -0.762. The van der Waals surface area contributed by atoms with Gasteiger partial charge in [-0.15, -0.1) is 0 Å². The molecule has 20 heavy (non-hydrogen) atoms. The molecule has 1 aromatic heterocycles. The molecule has 0 amide bonds. The van der Waals surface area contributed by atoms with Crippen LogP contribution in [0, 0.1) is 0 Å². The minimum Gasteiger partial charge on any atom is -0.481 e. The Morgan fingerprint density at radius 3 is 2.90 bits per heavy atom. The van der Waals surface area contributed by atoms with Crippen LogP contribution in [0.3, 0.4) is 0 Å². The van der Waals surface area contributed by atoms with Crippen molar-refractivity contribution >= 4 is 32.8 Å². The van der Waals surface area contributed by atoms with Gasteiger partial charge in [0.25, 0.3) is 0 Å². The maximum Gasteiger partial charge on any atom is 0.304 e. The van der Waals surface area contributed by atoms with E-state index in [1.807, 2.05) is 31.2 Å². The van der Waals surface area contributed by atoms with Crippen molar-refractivity contribution in [2.24, 2.45) is 0 Å². The molecule has 0 bridgehead atoms. The van der Waals surface area contributed by atoms with Crippen LogP contribution in [0.1, 0.15) is 18.9 Å². The highest BCUT2D eigenvalue weighted by atomic mass is 79.9. The van der Waals surface area contributed by atoms with E-state index in [0.717, 1.165) is 27.5 Å². The number of halogens is 1. The zero-order valence-corrected chi connectivity index (χ0v) is 12.9. The van der Waals surface area contributed by atoms with Gasteiger partial charge in [0.1, 0.15) is 0 Å². The molecule has 5 heteroatoms. The summed E-state index contributed by atoms with van der Waals surface area (Å²) in [6, 6.07) is 8.01.